The van der Waals surface area contributed by atoms with Crippen molar-refractivity contribution in [1.82, 2.24) is 0 Å². The number of benzene rings is 1. The second-order valence-electron chi connectivity index (χ2n) is 2.79. The van der Waals surface area contributed by atoms with Gasteiger partial charge < -0.3 is 4.74 Å². The molecule has 0 spiro atoms. The summed E-state index contributed by atoms with van der Waals surface area (Å²) in [5.74, 6) is -0.378. The zero-order valence-electron chi connectivity index (χ0n) is 7.95. The lowest BCUT2D eigenvalue weighted by Gasteiger charge is -2.06. The minimum Gasteiger partial charge on any atom is -0.469 e. The molecule has 0 N–H and O–H groups in total. The largest absolute Gasteiger partial charge is 0.469 e. The van der Waals surface area contributed by atoms with Crippen molar-refractivity contribution in [3.8, 4) is 6.07 Å². The van der Waals surface area contributed by atoms with E-state index in [1.807, 2.05) is 6.07 Å². The van der Waals surface area contributed by atoms with Gasteiger partial charge in [0.25, 0.3) is 0 Å². The summed E-state index contributed by atoms with van der Waals surface area (Å²) in [6.07, 6.45) is 0.0845. The summed E-state index contributed by atoms with van der Waals surface area (Å²) >= 11 is 9.94. The molecule has 5 heteroatoms. The van der Waals surface area contributed by atoms with Crippen LogP contribution in [0.4, 0.5) is 0 Å². The first kappa shape index (κ1) is 11.9. The summed E-state index contributed by atoms with van der Waals surface area (Å²) in [5.41, 5.74) is 0.910. The van der Waals surface area contributed by atoms with Gasteiger partial charge >= 0.3 is 5.97 Å². The number of esters is 1. The van der Waals surface area contributed by atoms with Gasteiger partial charge in [-0.15, -0.1) is 12.6 Å². The molecule has 0 saturated heterocycles. The third-order valence-electron chi connectivity index (χ3n) is 1.88. The maximum absolute atomic E-state index is 11.0. The van der Waals surface area contributed by atoms with Gasteiger partial charge in [-0.25, -0.2) is 0 Å². The standard InChI is InChI=1S/C10H8ClNO2S/c1-14-9(13)4-6-2-3-8(11)7(5-12)10(6)15/h2-3,15H,4H2,1H3. The Bertz CT molecular complexity index is 440. The fourth-order valence-electron chi connectivity index (χ4n) is 1.09. The van der Waals surface area contributed by atoms with Crippen LogP contribution in [0.1, 0.15) is 11.1 Å². The van der Waals surface area contributed by atoms with Crippen LogP contribution in [-0.4, -0.2) is 13.1 Å². The number of ether oxygens (including phenoxy) is 1. The van der Waals surface area contributed by atoms with Gasteiger partial charge in [-0.1, -0.05) is 17.7 Å². The van der Waals surface area contributed by atoms with Crippen LogP contribution < -0.4 is 0 Å². The van der Waals surface area contributed by atoms with Crippen LogP contribution in [0.3, 0.4) is 0 Å². The lowest BCUT2D eigenvalue weighted by molar-refractivity contribution is -0.139. The van der Waals surface area contributed by atoms with Crippen molar-refractivity contribution in [2.45, 2.75) is 11.3 Å². The van der Waals surface area contributed by atoms with E-state index in [0.29, 0.717) is 15.5 Å². The number of halogens is 1. The van der Waals surface area contributed by atoms with Crippen molar-refractivity contribution < 1.29 is 9.53 Å². The number of hydrogen-bond donors (Lipinski definition) is 1. The van der Waals surface area contributed by atoms with E-state index in [4.69, 9.17) is 16.9 Å². The Hall–Kier alpha value is -1.18. The highest BCUT2D eigenvalue weighted by Crippen LogP contribution is 2.26. The van der Waals surface area contributed by atoms with Gasteiger partial charge in [-0.05, 0) is 11.6 Å². The number of hydrogen-bond acceptors (Lipinski definition) is 4. The Morgan fingerprint density at radius 2 is 2.33 bits per heavy atom. The van der Waals surface area contributed by atoms with Crippen molar-refractivity contribution in [2.75, 3.05) is 7.11 Å². The molecule has 0 aliphatic carbocycles. The average molecular weight is 242 g/mol. The van der Waals surface area contributed by atoms with Gasteiger partial charge in [-0.3, -0.25) is 4.79 Å². The Kier molecular flexibility index (Phi) is 4.01. The maximum atomic E-state index is 11.0. The molecule has 0 aliphatic heterocycles. The second kappa shape index (κ2) is 5.06. The summed E-state index contributed by atoms with van der Waals surface area (Å²) in [4.78, 5) is 11.5. The third-order valence-corrected chi connectivity index (χ3v) is 2.71. The molecule has 0 radical (unpaired) electrons. The number of methoxy groups -OCH3 is 1. The molecule has 1 aromatic rings. The number of carbonyl (C=O) groups is 1. The van der Waals surface area contributed by atoms with Crippen molar-refractivity contribution in [3.05, 3.63) is 28.3 Å². The predicted octanol–water partition coefficient (Wildman–Crippen LogP) is 2.22. The number of rotatable bonds is 2. The van der Waals surface area contributed by atoms with Crippen molar-refractivity contribution >= 4 is 30.2 Å². The van der Waals surface area contributed by atoms with Crippen LogP contribution in [0.25, 0.3) is 0 Å². The number of nitrogens with zero attached hydrogens (tertiary/aromatic N) is 1. The third kappa shape index (κ3) is 2.65. The van der Waals surface area contributed by atoms with E-state index >= 15 is 0 Å². The number of carbonyl (C=O) groups excluding carboxylic acids is 1. The molecule has 3 nitrogen and oxygen atoms in total. The van der Waals surface area contributed by atoms with E-state index in [0.717, 1.165) is 0 Å². The van der Waals surface area contributed by atoms with E-state index < -0.39 is 0 Å². The quantitative estimate of drug-likeness (QED) is 0.638. The molecule has 0 aromatic heterocycles. The molecule has 1 rings (SSSR count). The molecule has 0 amide bonds. The molecule has 78 valence electrons. The number of thiol groups is 1. The molecule has 0 bridgehead atoms. The average Bonchev–Trinajstić information content (AvgIpc) is 2.23. The Balaban J connectivity index is 3.12. The second-order valence-corrected chi connectivity index (χ2v) is 3.65. The van der Waals surface area contributed by atoms with Gasteiger partial charge in [0.15, 0.2) is 0 Å². The molecule has 0 aliphatic rings. The molecule has 0 unspecified atom stereocenters. The zero-order valence-corrected chi connectivity index (χ0v) is 9.60. The lowest BCUT2D eigenvalue weighted by Crippen LogP contribution is -2.05. The van der Waals surface area contributed by atoms with Gasteiger partial charge in [-0.2, -0.15) is 5.26 Å². The number of nitriles is 1. The van der Waals surface area contributed by atoms with Crippen LogP contribution in [-0.2, 0) is 16.0 Å². The Morgan fingerprint density at radius 3 is 2.87 bits per heavy atom. The minimum atomic E-state index is -0.378. The van der Waals surface area contributed by atoms with Crippen molar-refractivity contribution in [1.29, 1.82) is 5.26 Å². The molecule has 0 heterocycles. The Labute approximate surface area is 98.0 Å². The summed E-state index contributed by atoms with van der Waals surface area (Å²) in [5, 5.41) is 9.15. The van der Waals surface area contributed by atoms with Gasteiger partial charge in [0.05, 0.1) is 24.1 Å². The van der Waals surface area contributed by atoms with E-state index in [1.165, 1.54) is 7.11 Å². The van der Waals surface area contributed by atoms with Crippen LogP contribution >= 0.6 is 24.2 Å². The minimum absolute atomic E-state index is 0.0845. The van der Waals surface area contributed by atoms with Crippen LogP contribution in [0.2, 0.25) is 5.02 Å². The maximum Gasteiger partial charge on any atom is 0.310 e. The van der Waals surface area contributed by atoms with Gasteiger partial charge in [0.1, 0.15) is 6.07 Å². The fourth-order valence-corrected chi connectivity index (χ4v) is 1.68. The molecule has 15 heavy (non-hydrogen) atoms. The van der Waals surface area contributed by atoms with Crippen LogP contribution in [0.15, 0.2) is 17.0 Å². The molecule has 0 fully saturated rings. The zero-order chi connectivity index (χ0) is 11.4. The topological polar surface area (TPSA) is 50.1 Å². The van der Waals surface area contributed by atoms with Gasteiger partial charge in [0.2, 0.25) is 0 Å². The highest BCUT2D eigenvalue weighted by molar-refractivity contribution is 7.80. The summed E-state index contributed by atoms with van der Waals surface area (Å²) in [6, 6.07) is 5.16. The first-order valence-electron chi connectivity index (χ1n) is 4.07. The molecular formula is C10H8ClNO2S. The van der Waals surface area contributed by atoms with Gasteiger partial charge in [0, 0.05) is 4.90 Å². The van der Waals surface area contributed by atoms with Crippen LogP contribution in [0.5, 0.6) is 0 Å². The fraction of sp³-hybridized carbons (Fsp3) is 0.200. The molecule has 1 aromatic carbocycles. The summed E-state index contributed by atoms with van der Waals surface area (Å²) in [6.45, 7) is 0. The van der Waals surface area contributed by atoms with E-state index in [-0.39, 0.29) is 18.0 Å². The molecule has 0 saturated carbocycles. The summed E-state index contributed by atoms with van der Waals surface area (Å²) in [7, 11) is 1.31. The monoisotopic (exact) mass is 241 g/mol. The summed E-state index contributed by atoms with van der Waals surface area (Å²) < 4.78 is 4.52. The van der Waals surface area contributed by atoms with Crippen LogP contribution in [0, 0.1) is 11.3 Å². The Morgan fingerprint density at radius 1 is 1.67 bits per heavy atom. The predicted molar refractivity (Wildman–Crippen MR) is 59.1 cm³/mol. The lowest BCUT2D eigenvalue weighted by atomic mass is 10.1. The SMILES string of the molecule is COC(=O)Cc1ccc(Cl)c(C#N)c1S. The first-order valence-corrected chi connectivity index (χ1v) is 4.90. The van der Waals surface area contributed by atoms with Crippen molar-refractivity contribution in [3.63, 3.8) is 0 Å². The normalized spacial score (nSPS) is 9.47. The van der Waals surface area contributed by atoms with Crippen molar-refractivity contribution in [2.24, 2.45) is 0 Å². The van der Waals surface area contributed by atoms with E-state index in [9.17, 15) is 4.79 Å². The first-order chi connectivity index (χ1) is 7.10. The highest BCUT2D eigenvalue weighted by atomic mass is 35.5. The smallest absolute Gasteiger partial charge is 0.310 e. The molecular weight excluding hydrogens is 234 g/mol. The van der Waals surface area contributed by atoms with E-state index in [1.54, 1.807) is 12.1 Å². The van der Waals surface area contributed by atoms with E-state index in [2.05, 4.69) is 17.4 Å². The molecule has 0 atom stereocenters. The highest BCUT2D eigenvalue weighted by Gasteiger charge is 2.12.